The van der Waals surface area contributed by atoms with Crippen LogP contribution in [0, 0.1) is 6.92 Å². The maximum absolute atomic E-state index is 12.9. The Bertz CT molecular complexity index is 692. The van der Waals surface area contributed by atoms with Gasteiger partial charge in [-0.25, -0.2) is 9.48 Å². The number of hydrogen-bond acceptors (Lipinski definition) is 3. The van der Waals surface area contributed by atoms with Crippen LogP contribution in [0.5, 0.6) is 0 Å². The lowest BCUT2D eigenvalue weighted by molar-refractivity contribution is -0.138. The van der Waals surface area contributed by atoms with Crippen molar-refractivity contribution in [3.8, 4) is 5.69 Å². The lowest BCUT2D eigenvalue weighted by atomic mass is 10.1. The van der Waals surface area contributed by atoms with Crippen LogP contribution in [-0.2, 0) is 12.6 Å². The highest BCUT2D eigenvalue weighted by atomic mass is 19.4. The first kappa shape index (κ1) is 15.0. The number of alkyl halides is 3. The number of halogens is 3. The first-order chi connectivity index (χ1) is 9.75. The van der Waals surface area contributed by atoms with Crippen LogP contribution in [0.4, 0.5) is 13.2 Å². The van der Waals surface area contributed by atoms with Gasteiger partial charge >= 0.3 is 12.1 Å². The van der Waals surface area contributed by atoms with E-state index in [1.807, 2.05) is 0 Å². The van der Waals surface area contributed by atoms with Gasteiger partial charge < -0.3 is 5.11 Å². The zero-order valence-electron chi connectivity index (χ0n) is 11.3. The predicted molar refractivity (Wildman–Crippen MR) is 67.4 cm³/mol. The molecule has 0 radical (unpaired) electrons. The van der Waals surface area contributed by atoms with Crippen molar-refractivity contribution in [3.63, 3.8) is 0 Å². The molecule has 0 saturated carbocycles. The van der Waals surface area contributed by atoms with E-state index in [9.17, 15) is 18.0 Å². The van der Waals surface area contributed by atoms with Crippen molar-refractivity contribution in [1.82, 2.24) is 15.0 Å². The normalized spacial score (nSPS) is 11.7. The summed E-state index contributed by atoms with van der Waals surface area (Å²) in [5.41, 5.74) is -0.576. The Hall–Kier alpha value is -2.38. The lowest BCUT2D eigenvalue weighted by Crippen LogP contribution is -2.10. The third-order valence-corrected chi connectivity index (χ3v) is 3.07. The van der Waals surface area contributed by atoms with Crippen molar-refractivity contribution < 1.29 is 23.1 Å². The molecule has 1 N–H and O–H groups in total. The molecule has 0 unspecified atom stereocenters. The SMILES string of the molecule is CCc1c(C(=O)O)nnn1-c1ccc(C)c(C(F)(F)F)c1. The Morgan fingerprint density at radius 2 is 2.05 bits per heavy atom. The number of benzene rings is 1. The van der Waals surface area contributed by atoms with E-state index in [4.69, 9.17) is 5.11 Å². The Morgan fingerprint density at radius 1 is 1.38 bits per heavy atom. The van der Waals surface area contributed by atoms with Crippen molar-refractivity contribution in [2.24, 2.45) is 0 Å². The minimum Gasteiger partial charge on any atom is -0.476 e. The molecular weight excluding hydrogens is 287 g/mol. The Morgan fingerprint density at radius 3 is 2.57 bits per heavy atom. The fourth-order valence-corrected chi connectivity index (χ4v) is 2.04. The molecule has 0 fully saturated rings. The molecule has 0 aliphatic carbocycles. The number of carbonyl (C=O) groups is 1. The second-order valence-electron chi connectivity index (χ2n) is 4.45. The summed E-state index contributed by atoms with van der Waals surface area (Å²) in [5, 5.41) is 16.1. The van der Waals surface area contributed by atoms with E-state index in [0.29, 0.717) is 0 Å². The number of carboxylic acid groups (broad SMARTS) is 1. The van der Waals surface area contributed by atoms with Gasteiger partial charge in [0.1, 0.15) is 0 Å². The topological polar surface area (TPSA) is 68.0 Å². The maximum atomic E-state index is 12.9. The highest BCUT2D eigenvalue weighted by molar-refractivity contribution is 5.86. The van der Waals surface area contributed by atoms with Crippen LogP contribution in [0.25, 0.3) is 5.69 Å². The minimum atomic E-state index is -4.48. The first-order valence-corrected chi connectivity index (χ1v) is 6.11. The predicted octanol–water partition coefficient (Wildman–Crippen LogP) is 2.86. The summed E-state index contributed by atoms with van der Waals surface area (Å²) in [6, 6.07) is 3.71. The highest BCUT2D eigenvalue weighted by Crippen LogP contribution is 2.33. The van der Waals surface area contributed by atoms with Gasteiger partial charge in [0, 0.05) is 0 Å². The zero-order chi connectivity index (χ0) is 15.8. The number of aromatic carboxylic acids is 1. The molecule has 1 aromatic carbocycles. The summed E-state index contributed by atoms with van der Waals surface area (Å²) in [5.74, 6) is -1.26. The number of nitrogens with zero attached hydrogens (tertiary/aromatic N) is 3. The van der Waals surface area contributed by atoms with Gasteiger partial charge in [-0.1, -0.05) is 18.2 Å². The van der Waals surface area contributed by atoms with Crippen LogP contribution in [0.2, 0.25) is 0 Å². The summed E-state index contributed by atoms with van der Waals surface area (Å²) >= 11 is 0. The second kappa shape index (κ2) is 5.19. The van der Waals surface area contributed by atoms with Crippen molar-refractivity contribution in [2.75, 3.05) is 0 Å². The van der Waals surface area contributed by atoms with Crippen LogP contribution in [0.1, 0.15) is 34.2 Å². The standard InChI is InChI=1S/C13H12F3N3O2/c1-3-10-11(12(20)21)17-18-19(10)8-5-4-7(2)9(6-8)13(14,15)16/h4-6H,3H2,1-2H3,(H,20,21). The van der Waals surface area contributed by atoms with E-state index in [1.165, 1.54) is 19.1 Å². The number of aryl methyl sites for hydroxylation is 1. The summed E-state index contributed by atoms with van der Waals surface area (Å²) in [6.07, 6.45) is -4.20. The van der Waals surface area contributed by atoms with E-state index in [2.05, 4.69) is 10.3 Å². The Labute approximate surface area is 118 Å². The van der Waals surface area contributed by atoms with Crippen LogP contribution in [0.3, 0.4) is 0 Å². The maximum Gasteiger partial charge on any atom is 0.416 e. The number of aromatic nitrogens is 3. The van der Waals surface area contributed by atoms with Crippen LogP contribution in [0.15, 0.2) is 18.2 Å². The van der Waals surface area contributed by atoms with Gasteiger partial charge in [0.25, 0.3) is 0 Å². The molecule has 0 spiro atoms. The highest BCUT2D eigenvalue weighted by Gasteiger charge is 2.33. The lowest BCUT2D eigenvalue weighted by Gasteiger charge is -2.12. The molecule has 2 aromatic rings. The zero-order valence-corrected chi connectivity index (χ0v) is 11.3. The minimum absolute atomic E-state index is 0.0860. The number of hydrogen-bond donors (Lipinski definition) is 1. The molecule has 0 aliphatic heterocycles. The van der Waals surface area contributed by atoms with E-state index in [0.717, 1.165) is 10.7 Å². The monoisotopic (exact) mass is 299 g/mol. The molecule has 0 atom stereocenters. The van der Waals surface area contributed by atoms with Gasteiger partial charge in [0.05, 0.1) is 16.9 Å². The Balaban J connectivity index is 2.61. The third-order valence-electron chi connectivity index (χ3n) is 3.07. The summed E-state index contributed by atoms with van der Waals surface area (Å²) in [6.45, 7) is 3.04. The first-order valence-electron chi connectivity index (χ1n) is 6.11. The average molecular weight is 299 g/mol. The van der Waals surface area contributed by atoms with E-state index < -0.39 is 17.7 Å². The van der Waals surface area contributed by atoms with Gasteiger partial charge in [0.15, 0.2) is 5.69 Å². The molecule has 0 saturated heterocycles. The molecule has 5 nitrogen and oxygen atoms in total. The van der Waals surface area contributed by atoms with Crippen LogP contribution < -0.4 is 0 Å². The van der Waals surface area contributed by atoms with Gasteiger partial charge in [0.2, 0.25) is 0 Å². The second-order valence-corrected chi connectivity index (χ2v) is 4.45. The van der Waals surface area contributed by atoms with Gasteiger partial charge in [-0.05, 0) is 31.0 Å². The van der Waals surface area contributed by atoms with Crippen molar-refractivity contribution >= 4 is 5.97 Å². The van der Waals surface area contributed by atoms with Crippen LogP contribution in [-0.4, -0.2) is 26.1 Å². The molecule has 1 heterocycles. The quantitative estimate of drug-likeness (QED) is 0.946. The molecule has 0 amide bonds. The molecule has 112 valence electrons. The average Bonchev–Trinajstić information content (AvgIpc) is 2.81. The smallest absolute Gasteiger partial charge is 0.416 e. The van der Waals surface area contributed by atoms with E-state index in [-0.39, 0.29) is 29.1 Å². The number of rotatable bonds is 3. The van der Waals surface area contributed by atoms with E-state index >= 15 is 0 Å². The van der Waals surface area contributed by atoms with Crippen molar-refractivity contribution in [3.05, 3.63) is 40.7 Å². The largest absolute Gasteiger partial charge is 0.476 e. The van der Waals surface area contributed by atoms with E-state index in [1.54, 1.807) is 6.92 Å². The van der Waals surface area contributed by atoms with Gasteiger partial charge in [-0.15, -0.1) is 5.10 Å². The summed E-state index contributed by atoms with van der Waals surface area (Å²) in [7, 11) is 0. The third kappa shape index (κ3) is 2.74. The molecule has 0 aliphatic rings. The summed E-state index contributed by atoms with van der Waals surface area (Å²) in [4.78, 5) is 11.0. The molecule has 0 bridgehead atoms. The van der Waals surface area contributed by atoms with Crippen molar-refractivity contribution in [1.29, 1.82) is 0 Å². The molecule has 2 rings (SSSR count). The van der Waals surface area contributed by atoms with Crippen molar-refractivity contribution in [2.45, 2.75) is 26.4 Å². The molecule has 1 aromatic heterocycles. The fraction of sp³-hybridized carbons (Fsp3) is 0.308. The number of carboxylic acids is 1. The summed E-state index contributed by atoms with van der Waals surface area (Å²) < 4.78 is 39.9. The fourth-order valence-electron chi connectivity index (χ4n) is 2.04. The van der Waals surface area contributed by atoms with Crippen LogP contribution >= 0.6 is 0 Å². The van der Waals surface area contributed by atoms with Gasteiger partial charge in [-0.3, -0.25) is 0 Å². The molecule has 21 heavy (non-hydrogen) atoms. The molecular formula is C13H12F3N3O2. The van der Waals surface area contributed by atoms with Gasteiger partial charge in [-0.2, -0.15) is 13.2 Å². The Kier molecular flexibility index (Phi) is 3.71. The molecule has 8 heteroatoms.